The van der Waals surface area contributed by atoms with Gasteiger partial charge >= 0.3 is 0 Å². The molecule has 8 nitrogen and oxygen atoms in total. The van der Waals surface area contributed by atoms with Gasteiger partial charge < -0.3 is 24.2 Å². The standard InChI is InChI=1S/C62H74N4O4S4/c1-9-13-17-21-31-61(32-22-18-14-10-2)51-56(54-49(68-61)36-44(71-54)28-26-41-25-27-43(66(7)8)35-48(41)67)73-59-52-57(74-58(51)59)55-50(69-62(52,33-23-19-15-11-3)34-24-20-16-12-4)37-45(72-55)29-30-47-46(40-65)53(42(38-63)39-64)70-60(47,5)6/h25-30,35-37,67H,9-24,31-34H2,1-8H3/b28-26+,30-29+. The van der Waals surface area contributed by atoms with Crippen LogP contribution in [-0.4, -0.2) is 24.8 Å². The average Bonchev–Trinajstić information content (AvgIpc) is 4.25. The lowest BCUT2D eigenvalue weighted by molar-refractivity contribution is 0.0405. The Bertz CT molecular complexity index is 3040. The number of thiophene rings is 4. The lowest BCUT2D eigenvalue weighted by atomic mass is 9.80. The van der Waals surface area contributed by atoms with Gasteiger partial charge in [-0.1, -0.05) is 111 Å². The number of fused-ring (bicyclic) bond motifs is 9. The van der Waals surface area contributed by atoms with Crippen LogP contribution in [0.25, 0.3) is 47.1 Å². The minimum absolute atomic E-state index is 0.0444. The second-order valence-corrected chi connectivity index (χ2v) is 25.3. The molecule has 7 heterocycles. The molecule has 4 aromatic heterocycles. The number of anilines is 1. The predicted molar refractivity (Wildman–Crippen MR) is 312 cm³/mol. The third-order valence-corrected chi connectivity index (χ3v) is 20.1. The Balaban J connectivity index is 1.33. The van der Waals surface area contributed by atoms with E-state index in [1.165, 1.54) is 99.4 Å². The summed E-state index contributed by atoms with van der Waals surface area (Å²) in [6, 6.07) is 16.4. The van der Waals surface area contributed by atoms with E-state index in [1.807, 2.05) is 104 Å². The normalized spacial score (nSPS) is 15.8. The van der Waals surface area contributed by atoms with E-state index in [2.05, 4.69) is 52.0 Å². The zero-order valence-electron chi connectivity index (χ0n) is 44.9. The summed E-state index contributed by atoms with van der Waals surface area (Å²) in [5.74, 6) is 2.20. The number of rotatable bonds is 25. The third kappa shape index (κ3) is 11.2. The van der Waals surface area contributed by atoms with E-state index in [1.54, 1.807) is 22.7 Å². The Kier molecular flexibility index (Phi) is 17.9. The summed E-state index contributed by atoms with van der Waals surface area (Å²) in [6.07, 6.45) is 30.5. The number of phenolic OH excluding ortho intramolecular Hbond substituents is 1. The van der Waals surface area contributed by atoms with Crippen molar-refractivity contribution >= 4 is 78.7 Å². The number of nitriles is 3. The van der Waals surface area contributed by atoms with Crippen LogP contribution >= 0.6 is 45.3 Å². The monoisotopic (exact) mass is 1070 g/mol. The molecule has 3 aliphatic heterocycles. The van der Waals surface area contributed by atoms with Crippen LogP contribution in [0.2, 0.25) is 0 Å². The molecule has 1 aromatic carbocycles. The van der Waals surface area contributed by atoms with Gasteiger partial charge in [-0.25, -0.2) is 0 Å². The average molecular weight is 1070 g/mol. The Morgan fingerprint density at radius 2 is 1.04 bits per heavy atom. The van der Waals surface area contributed by atoms with Crippen LogP contribution in [0.4, 0.5) is 5.69 Å². The van der Waals surface area contributed by atoms with Crippen LogP contribution in [0.5, 0.6) is 17.2 Å². The van der Waals surface area contributed by atoms with E-state index in [-0.39, 0.29) is 22.7 Å². The van der Waals surface area contributed by atoms with Gasteiger partial charge in [-0.15, -0.1) is 45.3 Å². The fourth-order valence-corrected chi connectivity index (χ4v) is 16.6. The highest BCUT2D eigenvalue weighted by atomic mass is 32.1. The number of phenols is 1. The van der Waals surface area contributed by atoms with Gasteiger partial charge in [-0.05, 0) is 108 Å². The van der Waals surface area contributed by atoms with E-state index in [0.717, 1.165) is 102 Å². The topological polar surface area (TPSA) is 123 Å². The molecule has 0 atom stereocenters. The molecule has 0 saturated heterocycles. The quantitative estimate of drug-likeness (QED) is 0.0453. The highest BCUT2D eigenvalue weighted by Gasteiger charge is 2.50. The maximum atomic E-state index is 11.0. The SMILES string of the molecule is CCCCCCC1(CCCCCC)Oc2cc(/C=C/C3=C(C#N)C(=C(C#N)C#N)OC3(C)C)sc2-c2sc3c4c(sc3c21)-c1sc(/C=C/c2ccc(N(C)C)cc2O)cc1OC4(CCCCCC)CCCCCC. The predicted octanol–water partition coefficient (Wildman–Crippen LogP) is 19.4. The van der Waals surface area contributed by atoms with Crippen molar-refractivity contribution in [2.45, 2.75) is 187 Å². The first-order chi connectivity index (χ1) is 35.8. The molecule has 0 amide bonds. The van der Waals surface area contributed by atoms with Crippen molar-refractivity contribution in [2.24, 2.45) is 0 Å². The van der Waals surface area contributed by atoms with Gasteiger partial charge in [-0.3, -0.25) is 0 Å². The molecule has 0 fully saturated rings. The van der Waals surface area contributed by atoms with Crippen LogP contribution in [0, 0.1) is 34.0 Å². The van der Waals surface area contributed by atoms with Crippen LogP contribution in [0.15, 0.2) is 58.9 Å². The van der Waals surface area contributed by atoms with Gasteiger partial charge in [0.1, 0.15) is 57.8 Å². The highest BCUT2D eigenvalue weighted by Crippen LogP contribution is 2.65. The lowest BCUT2D eigenvalue weighted by Gasteiger charge is -2.39. The molecule has 74 heavy (non-hydrogen) atoms. The maximum Gasteiger partial charge on any atom is 0.172 e. The summed E-state index contributed by atoms with van der Waals surface area (Å²) < 4.78 is 24.2. The first-order valence-electron chi connectivity index (χ1n) is 27.3. The fourth-order valence-electron chi connectivity index (χ4n) is 11.1. The molecular weight excluding hydrogens is 993 g/mol. The first kappa shape index (κ1) is 55.0. The van der Waals surface area contributed by atoms with Crippen LogP contribution < -0.4 is 14.4 Å². The minimum atomic E-state index is -0.915. The zero-order valence-corrected chi connectivity index (χ0v) is 48.2. The molecule has 12 heteroatoms. The summed E-state index contributed by atoms with van der Waals surface area (Å²) in [7, 11) is 3.97. The lowest BCUT2D eigenvalue weighted by Crippen LogP contribution is -2.35. The molecule has 8 rings (SSSR count). The Morgan fingerprint density at radius 3 is 1.45 bits per heavy atom. The van der Waals surface area contributed by atoms with Gasteiger partial charge in [0.15, 0.2) is 11.3 Å². The number of allylic oxidation sites excluding steroid dienone is 2. The highest BCUT2D eigenvalue weighted by molar-refractivity contribution is 7.34. The summed E-state index contributed by atoms with van der Waals surface area (Å²) in [6.45, 7) is 12.9. The summed E-state index contributed by atoms with van der Waals surface area (Å²) in [5, 5.41) is 40.8. The van der Waals surface area contributed by atoms with Gasteiger partial charge in [0.2, 0.25) is 0 Å². The molecule has 5 aromatic rings. The number of unbranched alkanes of at least 4 members (excludes halogenated alkanes) is 12. The van der Waals surface area contributed by atoms with Crippen molar-refractivity contribution in [1.29, 1.82) is 15.8 Å². The van der Waals surface area contributed by atoms with E-state index in [4.69, 9.17) is 14.2 Å². The molecular formula is C62H74N4O4S4. The Hall–Kier alpha value is -5.29. The molecule has 0 saturated carbocycles. The molecule has 390 valence electrons. The maximum absolute atomic E-state index is 11.0. The zero-order chi connectivity index (χ0) is 52.6. The third-order valence-electron chi connectivity index (χ3n) is 15.1. The van der Waals surface area contributed by atoms with E-state index >= 15 is 0 Å². The number of benzene rings is 1. The van der Waals surface area contributed by atoms with Gasteiger partial charge in [0, 0.05) is 57.9 Å². The van der Waals surface area contributed by atoms with Crippen molar-refractivity contribution in [1.82, 2.24) is 0 Å². The molecule has 0 spiro atoms. The second-order valence-electron chi connectivity index (χ2n) is 21.1. The van der Waals surface area contributed by atoms with Crippen LogP contribution in [0.3, 0.4) is 0 Å². The van der Waals surface area contributed by atoms with Crippen molar-refractivity contribution in [3.8, 4) is 55.0 Å². The fraction of sp³-hybridized carbons (Fsp3) is 0.500. The molecule has 0 bridgehead atoms. The molecule has 0 unspecified atom stereocenters. The second kappa shape index (κ2) is 24.1. The summed E-state index contributed by atoms with van der Waals surface area (Å²) in [5.41, 5.74) is 3.22. The summed E-state index contributed by atoms with van der Waals surface area (Å²) in [4.78, 5) is 9.11. The number of hydrogen-bond donors (Lipinski definition) is 1. The molecule has 3 aliphatic rings. The first-order valence-corrected chi connectivity index (χ1v) is 30.6. The van der Waals surface area contributed by atoms with Crippen molar-refractivity contribution in [3.05, 3.63) is 85.3 Å². The van der Waals surface area contributed by atoms with E-state index in [0.29, 0.717) is 5.57 Å². The van der Waals surface area contributed by atoms with Crippen molar-refractivity contribution in [2.75, 3.05) is 19.0 Å². The van der Waals surface area contributed by atoms with Gasteiger partial charge in [-0.2, -0.15) is 15.8 Å². The number of ether oxygens (including phenoxy) is 3. The van der Waals surface area contributed by atoms with Crippen LogP contribution in [-0.2, 0) is 15.9 Å². The Labute approximate surface area is 456 Å². The van der Waals surface area contributed by atoms with Crippen molar-refractivity contribution in [3.63, 3.8) is 0 Å². The number of aromatic hydroxyl groups is 1. The number of nitrogens with zero attached hydrogens (tertiary/aromatic N) is 4. The minimum Gasteiger partial charge on any atom is -0.507 e. The van der Waals surface area contributed by atoms with Gasteiger partial charge in [0.05, 0.1) is 28.9 Å². The van der Waals surface area contributed by atoms with Crippen LogP contribution in [0.1, 0.15) is 196 Å². The van der Waals surface area contributed by atoms with Gasteiger partial charge in [0.25, 0.3) is 0 Å². The number of hydrogen-bond acceptors (Lipinski definition) is 12. The Morgan fingerprint density at radius 1 is 0.581 bits per heavy atom. The van der Waals surface area contributed by atoms with Crippen molar-refractivity contribution < 1.29 is 19.3 Å². The summed E-state index contributed by atoms with van der Waals surface area (Å²) >= 11 is 7.46. The van der Waals surface area contributed by atoms with E-state index < -0.39 is 16.8 Å². The molecule has 0 radical (unpaired) electrons. The van der Waals surface area contributed by atoms with E-state index in [9.17, 15) is 20.9 Å². The molecule has 0 aliphatic carbocycles. The largest absolute Gasteiger partial charge is 0.507 e. The smallest absolute Gasteiger partial charge is 0.172 e. The molecule has 1 N–H and O–H groups in total.